The van der Waals surface area contributed by atoms with Gasteiger partial charge in [-0.15, -0.1) is 0 Å². The van der Waals surface area contributed by atoms with Gasteiger partial charge in [-0.25, -0.2) is 0 Å². The molecule has 48 valence electrons. The minimum Gasteiger partial charge on any atom is -0.332 e. The maximum absolute atomic E-state index is 4.98. The van der Waals surface area contributed by atoms with Crippen molar-refractivity contribution in [2.75, 3.05) is 0 Å². The quantitative estimate of drug-likeness (QED) is 0.424. The molecule has 0 amide bonds. The average molecular weight is 114 g/mol. The molecule has 0 heterocycles. The standard InChI is InChI=1S/C6H14N2/c1-6(2)4-3-5-8-7/h3,5-6,8H,4,7H2,1-2H3/b5-3+. The summed E-state index contributed by atoms with van der Waals surface area (Å²) >= 11 is 0. The molecule has 2 heteroatoms. The summed E-state index contributed by atoms with van der Waals surface area (Å²) in [7, 11) is 0. The third-order valence-electron chi connectivity index (χ3n) is 0.822. The topological polar surface area (TPSA) is 38.0 Å². The zero-order chi connectivity index (χ0) is 6.41. The smallest absolute Gasteiger partial charge is 0.00827 e. The summed E-state index contributed by atoms with van der Waals surface area (Å²) in [4.78, 5) is 0. The molecule has 0 aliphatic rings. The van der Waals surface area contributed by atoms with Crippen LogP contribution in [0.15, 0.2) is 12.3 Å². The van der Waals surface area contributed by atoms with Crippen molar-refractivity contribution < 1.29 is 0 Å². The fourth-order valence-corrected chi connectivity index (χ4v) is 0.408. The predicted molar refractivity (Wildman–Crippen MR) is 35.9 cm³/mol. The molecule has 0 atom stereocenters. The molecule has 2 nitrogen and oxygen atoms in total. The Labute approximate surface area is 50.7 Å². The normalized spacial score (nSPS) is 11.0. The van der Waals surface area contributed by atoms with E-state index in [0.29, 0.717) is 0 Å². The summed E-state index contributed by atoms with van der Waals surface area (Å²) in [5, 5.41) is 0. The monoisotopic (exact) mass is 114 g/mol. The molecule has 0 spiro atoms. The van der Waals surface area contributed by atoms with E-state index in [1.54, 1.807) is 6.20 Å². The number of hydrogen-bond donors (Lipinski definition) is 2. The van der Waals surface area contributed by atoms with Gasteiger partial charge in [0.25, 0.3) is 0 Å². The number of nitrogens with two attached hydrogens (primary N) is 1. The molecule has 0 unspecified atom stereocenters. The van der Waals surface area contributed by atoms with Crippen LogP contribution in [0.5, 0.6) is 0 Å². The van der Waals surface area contributed by atoms with E-state index in [1.165, 1.54) is 0 Å². The summed E-state index contributed by atoms with van der Waals surface area (Å²) < 4.78 is 0. The third kappa shape index (κ3) is 5.50. The zero-order valence-electron chi connectivity index (χ0n) is 5.52. The van der Waals surface area contributed by atoms with E-state index in [9.17, 15) is 0 Å². The Morgan fingerprint density at radius 2 is 2.25 bits per heavy atom. The molecule has 0 aromatic rings. The zero-order valence-corrected chi connectivity index (χ0v) is 5.52. The van der Waals surface area contributed by atoms with E-state index in [0.717, 1.165) is 12.3 Å². The summed E-state index contributed by atoms with van der Waals surface area (Å²) in [5.74, 6) is 5.70. The fraction of sp³-hybridized carbons (Fsp3) is 0.667. The largest absolute Gasteiger partial charge is 0.332 e. The van der Waals surface area contributed by atoms with Gasteiger partial charge in [-0.2, -0.15) is 0 Å². The van der Waals surface area contributed by atoms with Gasteiger partial charge in [0.05, 0.1) is 0 Å². The predicted octanol–water partition coefficient (Wildman–Crippen LogP) is 1.01. The van der Waals surface area contributed by atoms with Crippen molar-refractivity contribution in [3.8, 4) is 0 Å². The molecule has 0 bridgehead atoms. The summed E-state index contributed by atoms with van der Waals surface area (Å²) in [6, 6.07) is 0. The Balaban J connectivity index is 3.03. The molecule has 0 fully saturated rings. The highest BCUT2D eigenvalue weighted by molar-refractivity contribution is 4.77. The summed E-state index contributed by atoms with van der Waals surface area (Å²) in [5.41, 5.74) is 2.44. The molecular weight excluding hydrogens is 100 g/mol. The molecule has 0 aliphatic carbocycles. The maximum Gasteiger partial charge on any atom is 0.00827 e. The SMILES string of the molecule is CC(C)C/C=C/NN. The Morgan fingerprint density at radius 3 is 2.62 bits per heavy atom. The van der Waals surface area contributed by atoms with Gasteiger partial charge in [0.15, 0.2) is 0 Å². The van der Waals surface area contributed by atoms with Crippen LogP contribution in [0.2, 0.25) is 0 Å². The van der Waals surface area contributed by atoms with Crippen LogP contribution >= 0.6 is 0 Å². The van der Waals surface area contributed by atoms with Crippen LogP contribution in [0.3, 0.4) is 0 Å². The highest BCUT2D eigenvalue weighted by Crippen LogP contribution is 1.97. The van der Waals surface area contributed by atoms with Crippen LogP contribution < -0.4 is 11.3 Å². The number of hydrogen-bond acceptors (Lipinski definition) is 2. The third-order valence-corrected chi connectivity index (χ3v) is 0.822. The summed E-state index contributed by atoms with van der Waals surface area (Å²) in [6.45, 7) is 4.34. The van der Waals surface area contributed by atoms with Gasteiger partial charge in [-0.05, 0) is 12.3 Å². The van der Waals surface area contributed by atoms with Crippen LogP contribution in [0.1, 0.15) is 20.3 Å². The van der Waals surface area contributed by atoms with Gasteiger partial charge in [0, 0.05) is 6.20 Å². The molecule has 0 aromatic carbocycles. The van der Waals surface area contributed by atoms with Crippen molar-refractivity contribution >= 4 is 0 Å². The lowest BCUT2D eigenvalue weighted by atomic mass is 10.1. The molecular formula is C6H14N2. The van der Waals surface area contributed by atoms with Crippen LogP contribution in [-0.4, -0.2) is 0 Å². The molecule has 0 aromatic heterocycles. The van der Waals surface area contributed by atoms with Gasteiger partial charge >= 0.3 is 0 Å². The van der Waals surface area contributed by atoms with Gasteiger partial charge in [0.2, 0.25) is 0 Å². The first-order valence-corrected chi connectivity index (χ1v) is 2.88. The van der Waals surface area contributed by atoms with Gasteiger partial charge in [0.1, 0.15) is 0 Å². The molecule has 0 aliphatic heterocycles. The lowest BCUT2D eigenvalue weighted by Gasteiger charge is -1.95. The second-order valence-corrected chi connectivity index (χ2v) is 2.20. The Kier molecular flexibility index (Phi) is 4.36. The van der Waals surface area contributed by atoms with E-state index >= 15 is 0 Å². The number of rotatable bonds is 3. The maximum atomic E-state index is 4.98. The minimum absolute atomic E-state index is 0.722. The van der Waals surface area contributed by atoms with E-state index in [1.807, 2.05) is 6.08 Å². The van der Waals surface area contributed by atoms with Crippen molar-refractivity contribution in [1.82, 2.24) is 5.43 Å². The lowest BCUT2D eigenvalue weighted by Crippen LogP contribution is -2.12. The average Bonchev–Trinajstić information content (AvgIpc) is 1.66. The molecule has 0 saturated heterocycles. The molecule has 3 N–H and O–H groups in total. The van der Waals surface area contributed by atoms with Gasteiger partial charge in [-0.1, -0.05) is 19.9 Å². The number of hydrazine groups is 1. The summed E-state index contributed by atoms with van der Waals surface area (Å²) in [6.07, 6.45) is 4.86. The van der Waals surface area contributed by atoms with Crippen molar-refractivity contribution in [1.29, 1.82) is 0 Å². The van der Waals surface area contributed by atoms with Crippen molar-refractivity contribution in [2.24, 2.45) is 11.8 Å². The van der Waals surface area contributed by atoms with Crippen molar-refractivity contribution in [3.05, 3.63) is 12.3 Å². The molecule has 8 heavy (non-hydrogen) atoms. The highest BCUT2D eigenvalue weighted by atomic mass is 15.2. The lowest BCUT2D eigenvalue weighted by molar-refractivity contribution is 0.661. The second kappa shape index (κ2) is 4.65. The van der Waals surface area contributed by atoms with E-state index in [4.69, 9.17) is 5.84 Å². The highest BCUT2D eigenvalue weighted by Gasteiger charge is 1.84. The van der Waals surface area contributed by atoms with E-state index in [-0.39, 0.29) is 0 Å². The van der Waals surface area contributed by atoms with E-state index in [2.05, 4.69) is 19.3 Å². The Hall–Kier alpha value is -0.500. The van der Waals surface area contributed by atoms with Gasteiger partial charge < -0.3 is 5.43 Å². The van der Waals surface area contributed by atoms with Gasteiger partial charge in [-0.3, -0.25) is 5.84 Å². The molecule has 0 radical (unpaired) electrons. The van der Waals surface area contributed by atoms with Crippen LogP contribution in [0, 0.1) is 5.92 Å². The van der Waals surface area contributed by atoms with Crippen LogP contribution in [0.25, 0.3) is 0 Å². The van der Waals surface area contributed by atoms with Crippen molar-refractivity contribution in [3.63, 3.8) is 0 Å². The molecule has 0 saturated carbocycles. The van der Waals surface area contributed by atoms with E-state index < -0.39 is 0 Å². The number of allylic oxidation sites excluding steroid dienone is 1. The Bertz CT molecular complexity index is 66.9. The van der Waals surface area contributed by atoms with Crippen molar-refractivity contribution in [2.45, 2.75) is 20.3 Å². The first-order chi connectivity index (χ1) is 3.77. The fourth-order valence-electron chi connectivity index (χ4n) is 0.408. The second-order valence-electron chi connectivity index (χ2n) is 2.20. The molecule has 0 rings (SSSR count). The minimum atomic E-state index is 0.722. The number of nitrogens with one attached hydrogen (secondary N) is 1. The van der Waals surface area contributed by atoms with Crippen LogP contribution in [0.4, 0.5) is 0 Å². The Morgan fingerprint density at radius 1 is 1.62 bits per heavy atom. The first kappa shape index (κ1) is 7.50. The first-order valence-electron chi connectivity index (χ1n) is 2.88. The van der Waals surface area contributed by atoms with Crippen LogP contribution in [-0.2, 0) is 0 Å².